The van der Waals surface area contributed by atoms with E-state index in [9.17, 15) is 0 Å². The van der Waals surface area contributed by atoms with Crippen molar-refractivity contribution in [3.05, 3.63) is 271 Å². The van der Waals surface area contributed by atoms with Crippen LogP contribution in [0.3, 0.4) is 0 Å². The molecule has 0 radical (unpaired) electrons. The summed E-state index contributed by atoms with van der Waals surface area (Å²) < 4.78 is 6.66. The van der Waals surface area contributed by atoms with Gasteiger partial charge in [0.05, 0.1) is 11.1 Å². The largest absolute Gasteiger partial charge is 0.455 e. The summed E-state index contributed by atoms with van der Waals surface area (Å²) in [4.78, 5) is 2.40. The molecule has 63 heavy (non-hydrogen) atoms. The van der Waals surface area contributed by atoms with Crippen molar-refractivity contribution in [1.29, 1.82) is 0 Å². The van der Waals surface area contributed by atoms with E-state index in [1.807, 2.05) is 6.07 Å². The maximum Gasteiger partial charge on any atom is 0.143 e. The predicted octanol–water partition coefficient (Wildman–Crippen LogP) is 16.4. The summed E-state index contributed by atoms with van der Waals surface area (Å²) in [6, 6.07) is 90.4. The van der Waals surface area contributed by atoms with E-state index in [1.54, 1.807) is 0 Å². The van der Waals surface area contributed by atoms with E-state index >= 15 is 0 Å². The number of para-hydroxylation sites is 3. The Morgan fingerprint density at radius 1 is 0.302 bits per heavy atom. The first-order valence-electron chi connectivity index (χ1n) is 21.7. The summed E-state index contributed by atoms with van der Waals surface area (Å²) in [5.41, 5.74) is 18.8. The zero-order chi connectivity index (χ0) is 41.7. The molecular weight excluding hydrogens is 763 g/mol. The van der Waals surface area contributed by atoms with E-state index in [-0.39, 0.29) is 0 Å². The highest BCUT2D eigenvalue weighted by Gasteiger charge is 2.43. The molecule has 296 valence electrons. The third-order valence-corrected chi connectivity index (χ3v) is 13.0. The van der Waals surface area contributed by atoms with Gasteiger partial charge in [0, 0.05) is 33.3 Å². The monoisotopic (exact) mass is 803 g/mol. The van der Waals surface area contributed by atoms with Crippen molar-refractivity contribution >= 4 is 39.0 Å². The summed E-state index contributed by atoms with van der Waals surface area (Å²) in [7, 11) is 0. The lowest BCUT2D eigenvalue weighted by atomic mass is 9.63. The Bertz CT molecular complexity index is 3370. The maximum absolute atomic E-state index is 6.66. The highest BCUT2D eigenvalue weighted by Crippen LogP contribution is 2.55. The van der Waals surface area contributed by atoms with Crippen molar-refractivity contribution < 1.29 is 4.42 Å². The van der Waals surface area contributed by atoms with Gasteiger partial charge < -0.3 is 9.32 Å². The molecule has 0 fully saturated rings. The fourth-order valence-electron chi connectivity index (χ4n) is 10.2. The molecule has 0 amide bonds. The van der Waals surface area contributed by atoms with E-state index in [0.717, 1.165) is 50.1 Å². The zero-order valence-electron chi connectivity index (χ0n) is 34.5. The average Bonchev–Trinajstić information content (AvgIpc) is 3.70. The average molecular weight is 804 g/mol. The molecule has 1 aromatic heterocycles. The molecule has 0 unspecified atom stereocenters. The quantitative estimate of drug-likeness (QED) is 0.160. The van der Waals surface area contributed by atoms with Gasteiger partial charge in [-0.15, -0.1) is 0 Å². The number of hydrogen-bond acceptors (Lipinski definition) is 2. The molecular formula is C61H41NO. The van der Waals surface area contributed by atoms with Crippen molar-refractivity contribution in [3.63, 3.8) is 0 Å². The van der Waals surface area contributed by atoms with Crippen LogP contribution in [0.2, 0.25) is 0 Å². The van der Waals surface area contributed by atoms with E-state index in [4.69, 9.17) is 4.42 Å². The molecule has 0 spiro atoms. The van der Waals surface area contributed by atoms with Crippen molar-refractivity contribution in [2.24, 2.45) is 0 Å². The number of rotatable bonds is 7. The number of hydrogen-bond donors (Lipinski definition) is 0. The van der Waals surface area contributed by atoms with Crippen LogP contribution >= 0.6 is 0 Å². The van der Waals surface area contributed by atoms with Crippen molar-refractivity contribution in [3.8, 4) is 44.5 Å². The third kappa shape index (κ3) is 5.87. The Morgan fingerprint density at radius 3 is 1.43 bits per heavy atom. The molecule has 2 heteroatoms. The number of benzene rings is 10. The molecule has 11 aromatic rings. The Labute approximate surface area is 367 Å². The standard InChI is InChI=1S/C61H41NO/c1-3-18-42(19-4-1)43-34-38-46(39-35-43)62(58-32-15-11-26-52(58)54-28-17-29-55-53-27-12-16-33-59(53)63-60(54)55)47-40-36-45(37-41-47)61(44-20-5-2-6-21-44)56-30-13-9-24-50(56)48-22-7-8-23-49(48)51-25-10-14-31-57(51)61/h1-41H. The van der Waals surface area contributed by atoms with Crippen LogP contribution in [-0.2, 0) is 5.41 Å². The Hall–Kier alpha value is -8.20. The van der Waals surface area contributed by atoms with Gasteiger partial charge in [-0.2, -0.15) is 0 Å². The second-order valence-corrected chi connectivity index (χ2v) is 16.3. The smallest absolute Gasteiger partial charge is 0.143 e. The number of nitrogens with zero attached hydrogens (tertiary/aromatic N) is 1. The van der Waals surface area contributed by atoms with Crippen molar-refractivity contribution in [2.75, 3.05) is 4.90 Å². The van der Waals surface area contributed by atoms with Gasteiger partial charge in [-0.3, -0.25) is 0 Å². The van der Waals surface area contributed by atoms with Gasteiger partial charge >= 0.3 is 0 Å². The van der Waals surface area contributed by atoms with Crippen LogP contribution in [0.1, 0.15) is 22.3 Å². The summed E-state index contributed by atoms with van der Waals surface area (Å²) in [5, 5.41) is 2.23. The molecule has 0 aliphatic heterocycles. The Morgan fingerprint density at radius 2 is 0.762 bits per heavy atom. The van der Waals surface area contributed by atoms with Gasteiger partial charge in [0.1, 0.15) is 11.2 Å². The lowest BCUT2D eigenvalue weighted by molar-refractivity contribution is 0.670. The molecule has 10 aromatic carbocycles. The van der Waals surface area contributed by atoms with Crippen molar-refractivity contribution in [2.45, 2.75) is 5.41 Å². The minimum atomic E-state index is -0.622. The van der Waals surface area contributed by atoms with E-state index in [2.05, 4.69) is 248 Å². The molecule has 1 aliphatic carbocycles. The van der Waals surface area contributed by atoms with Gasteiger partial charge in [-0.1, -0.05) is 212 Å². The lowest BCUT2D eigenvalue weighted by Gasteiger charge is -2.38. The lowest BCUT2D eigenvalue weighted by Crippen LogP contribution is -2.31. The Balaban J connectivity index is 1.09. The molecule has 0 N–H and O–H groups in total. The number of furan rings is 1. The molecule has 1 heterocycles. The molecule has 0 atom stereocenters. The van der Waals surface area contributed by atoms with Crippen LogP contribution in [0.5, 0.6) is 0 Å². The highest BCUT2D eigenvalue weighted by atomic mass is 16.3. The third-order valence-electron chi connectivity index (χ3n) is 13.0. The van der Waals surface area contributed by atoms with Crippen LogP contribution < -0.4 is 4.90 Å². The summed E-state index contributed by atoms with van der Waals surface area (Å²) >= 11 is 0. The van der Waals surface area contributed by atoms with Gasteiger partial charge in [0.2, 0.25) is 0 Å². The summed E-state index contributed by atoms with van der Waals surface area (Å²) in [6.07, 6.45) is 0. The molecule has 1 aliphatic rings. The SMILES string of the molecule is c1ccc(-c2ccc(N(c3ccc(C4(c5ccccc5)c5ccccc5-c5ccccc5-c5ccccc54)cc3)c3ccccc3-c3cccc4c3oc3ccccc34)cc2)cc1. The van der Waals surface area contributed by atoms with E-state index < -0.39 is 5.41 Å². The van der Waals surface area contributed by atoms with Crippen LogP contribution in [-0.4, -0.2) is 0 Å². The molecule has 0 bridgehead atoms. The number of anilines is 3. The van der Waals surface area contributed by atoms with Gasteiger partial charge in [-0.25, -0.2) is 0 Å². The molecule has 0 saturated carbocycles. The minimum absolute atomic E-state index is 0.622. The highest BCUT2D eigenvalue weighted by molar-refractivity contribution is 6.11. The fraction of sp³-hybridized carbons (Fsp3) is 0.0164. The van der Waals surface area contributed by atoms with Crippen LogP contribution in [0.15, 0.2) is 253 Å². The number of fused-ring (bicyclic) bond motifs is 8. The minimum Gasteiger partial charge on any atom is -0.455 e. The van der Waals surface area contributed by atoms with Gasteiger partial charge in [0.15, 0.2) is 0 Å². The molecule has 0 saturated heterocycles. The topological polar surface area (TPSA) is 16.4 Å². The van der Waals surface area contributed by atoms with Crippen LogP contribution in [0.4, 0.5) is 17.1 Å². The van der Waals surface area contributed by atoms with Crippen LogP contribution in [0, 0.1) is 0 Å². The summed E-state index contributed by atoms with van der Waals surface area (Å²) in [5.74, 6) is 0. The van der Waals surface area contributed by atoms with Gasteiger partial charge in [0.25, 0.3) is 0 Å². The normalized spacial score (nSPS) is 12.6. The fourth-order valence-corrected chi connectivity index (χ4v) is 10.2. The summed E-state index contributed by atoms with van der Waals surface area (Å²) in [6.45, 7) is 0. The first-order chi connectivity index (χ1) is 31.3. The second kappa shape index (κ2) is 15.1. The molecule has 12 rings (SSSR count). The van der Waals surface area contributed by atoms with Gasteiger partial charge in [-0.05, 0) is 92.0 Å². The second-order valence-electron chi connectivity index (χ2n) is 16.3. The first-order valence-corrected chi connectivity index (χ1v) is 21.7. The molecule has 2 nitrogen and oxygen atoms in total. The first kappa shape index (κ1) is 36.6. The maximum atomic E-state index is 6.66. The van der Waals surface area contributed by atoms with Crippen LogP contribution in [0.25, 0.3) is 66.4 Å². The Kier molecular flexibility index (Phi) is 8.76. The van der Waals surface area contributed by atoms with Crippen molar-refractivity contribution in [1.82, 2.24) is 0 Å². The van der Waals surface area contributed by atoms with E-state index in [1.165, 1.54) is 55.6 Å². The van der Waals surface area contributed by atoms with E-state index in [0.29, 0.717) is 0 Å². The zero-order valence-corrected chi connectivity index (χ0v) is 34.5. The predicted molar refractivity (Wildman–Crippen MR) is 262 cm³/mol.